The summed E-state index contributed by atoms with van der Waals surface area (Å²) in [6.45, 7) is 0.615. The smallest absolute Gasteiger partial charge is 0.322 e. The number of rotatable bonds is 4. The number of hydrogen-bond acceptors (Lipinski definition) is 3. The van der Waals surface area contributed by atoms with E-state index in [-0.39, 0.29) is 12.1 Å². The molecule has 1 aliphatic rings. The lowest BCUT2D eigenvalue weighted by Gasteiger charge is -2.37. The zero-order valence-electron chi connectivity index (χ0n) is 16.9. The third-order valence-electron chi connectivity index (χ3n) is 5.36. The van der Waals surface area contributed by atoms with Gasteiger partial charge >= 0.3 is 6.03 Å². The molecule has 0 fully saturated rings. The second-order valence-electron chi connectivity index (χ2n) is 7.10. The highest BCUT2D eigenvalue weighted by molar-refractivity contribution is 6.30. The maximum atomic E-state index is 13.3. The van der Waals surface area contributed by atoms with Gasteiger partial charge in [0.1, 0.15) is 0 Å². The number of nitrogens with one attached hydrogen (secondary N) is 1. The van der Waals surface area contributed by atoms with E-state index in [1.165, 1.54) is 5.56 Å². The van der Waals surface area contributed by atoms with Crippen LogP contribution < -0.4 is 14.8 Å². The number of amides is 2. The molecule has 0 radical (unpaired) electrons. The number of benzene rings is 3. The van der Waals surface area contributed by atoms with Crippen LogP contribution in [0.1, 0.15) is 22.7 Å². The summed E-state index contributed by atoms with van der Waals surface area (Å²) >= 11 is 6.10. The Kier molecular flexibility index (Phi) is 5.81. The van der Waals surface area contributed by atoms with E-state index in [0.717, 1.165) is 17.5 Å². The molecule has 0 unspecified atom stereocenters. The summed E-state index contributed by atoms with van der Waals surface area (Å²) in [5, 5.41) is 3.68. The van der Waals surface area contributed by atoms with Gasteiger partial charge in [-0.05, 0) is 47.4 Å². The predicted octanol–water partition coefficient (Wildman–Crippen LogP) is 5.54. The molecule has 154 valence electrons. The first kappa shape index (κ1) is 20.1. The molecule has 0 aromatic heterocycles. The minimum absolute atomic E-state index is 0.170. The van der Waals surface area contributed by atoms with Crippen LogP contribution >= 0.6 is 11.6 Å². The Labute approximate surface area is 181 Å². The minimum atomic E-state index is -0.188. The van der Waals surface area contributed by atoms with Crippen molar-refractivity contribution in [3.8, 4) is 11.5 Å². The van der Waals surface area contributed by atoms with Gasteiger partial charge in [-0.25, -0.2) is 4.79 Å². The predicted molar refractivity (Wildman–Crippen MR) is 119 cm³/mol. The Bertz CT molecular complexity index is 1050. The Morgan fingerprint density at radius 1 is 1.00 bits per heavy atom. The van der Waals surface area contributed by atoms with Gasteiger partial charge in [-0.15, -0.1) is 0 Å². The van der Waals surface area contributed by atoms with Gasteiger partial charge < -0.3 is 19.7 Å². The average molecular weight is 423 g/mol. The zero-order valence-corrected chi connectivity index (χ0v) is 17.6. The van der Waals surface area contributed by atoms with Crippen LogP contribution in [-0.4, -0.2) is 31.7 Å². The largest absolute Gasteiger partial charge is 0.493 e. The van der Waals surface area contributed by atoms with Crippen molar-refractivity contribution in [1.29, 1.82) is 0 Å². The summed E-state index contributed by atoms with van der Waals surface area (Å²) in [4.78, 5) is 15.2. The van der Waals surface area contributed by atoms with E-state index in [9.17, 15) is 4.79 Å². The van der Waals surface area contributed by atoms with E-state index >= 15 is 0 Å². The third-order valence-corrected chi connectivity index (χ3v) is 5.62. The van der Waals surface area contributed by atoms with Gasteiger partial charge in [-0.2, -0.15) is 0 Å². The highest BCUT2D eigenvalue weighted by Crippen LogP contribution is 2.36. The first-order chi connectivity index (χ1) is 14.6. The van der Waals surface area contributed by atoms with E-state index < -0.39 is 0 Å². The van der Waals surface area contributed by atoms with E-state index in [2.05, 4.69) is 17.4 Å². The van der Waals surface area contributed by atoms with Gasteiger partial charge in [0.2, 0.25) is 0 Å². The molecule has 0 aliphatic carbocycles. The maximum Gasteiger partial charge on any atom is 0.322 e. The molecule has 0 bridgehead atoms. The first-order valence-electron chi connectivity index (χ1n) is 9.73. The molecular weight excluding hydrogens is 400 g/mol. The number of urea groups is 1. The zero-order chi connectivity index (χ0) is 21.1. The Morgan fingerprint density at radius 3 is 2.47 bits per heavy atom. The van der Waals surface area contributed by atoms with Crippen molar-refractivity contribution in [1.82, 2.24) is 4.90 Å². The number of halogens is 1. The normalized spacial score (nSPS) is 15.3. The Hall–Kier alpha value is -3.18. The number of nitrogens with zero attached hydrogens (tertiary/aromatic N) is 1. The van der Waals surface area contributed by atoms with E-state index in [1.54, 1.807) is 32.4 Å². The first-order valence-corrected chi connectivity index (χ1v) is 10.1. The fourth-order valence-electron chi connectivity index (χ4n) is 3.90. The molecule has 1 heterocycles. The van der Waals surface area contributed by atoms with Crippen LogP contribution in [0.3, 0.4) is 0 Å². The van der Waals surface area contributed by atoms with E-state index in [0.29, 0.717) is 28.8 Å². The van der Waals surface area contributed by atoms with Gasteiger partial charge in [0, 0.05) is 23.3 Å². The average Bonchev–Trinajstić information content (AvgIpc) is 2.78. The van der Waals surface area contributed by atoms with Gasteiger partial charge in [0.15, 0.2) is 11.5 Å². The molecule has 3 aromatic carbocycles. The fraction of sp³-hybridized carbons (Fsp3) is 0.208. The van der Waals surface area contributed by atoms with E-state index in [1.807, 2.05) is 41.3 Å². The molecule has 5 nitrogen and oxygen atoms in total. The molecule has 0 saturated carbocycles. The number of fused-ring (bicyclic) bond motifs is 1. The second kappa shape index (κ2) is 8.67. The lowest BCUT2D eigenvalue weighted by atomic mass is 9.88. The molecule has 4 rings (SSSR count). The molecule has 30 heavy (non-hydrogen) atoms. The summed E-state index contributed by atoms with van der Waals surface area (Å²) in [5.41, 5.74) is 4.06. The van der Waals surface area contributed by atoms with Crippen molar-refractivity contribution < 1.29 is 14.3 Å². The van der Waals surface area contributed by atoms with Gasteiger partial charge in [0.25, 0.3) is 0 Å². The standard InChI is InChI=1S/C24H23ClN2O3/c1-29-21-12-11-19(15-22(21)30-2)26-24(28)27-14-13-16-5-3-4-6-20(16)23(27)17-7-9-18(25)10-8-17/h3-12,15,23H,13-14H2,1-2H3,(H,26,28)/t23-/m0/s1. The summed E-state index contributed by atoms with van der Waals surface area (Å²) in [5.74, 6) is 1.18. The number of anilines is 1. The Balaban J connectivity index is 1.66. The van der Waals surface area contributed by atoms with Gasteiger partial charge in [-0.3, -0.25) is 0 Å². The third kappa shape index (κ3) is 3.94. The Morgan fingerprint density at radius 2 is 1.73 bits per heavy atom. The van der Waals surface area contributed by atoms with E-state index in [4.69, 9.17) is 21.1 Å². The molecule has 1 atom stereocenters. The second-order valence-corrected chi connectivity index (χ2v) is 7.53. The number of methoxy groups -OCH3 is 2. The fourth-order valence-corrected chi connectivity index (χ4v) is 4.03. The van der Waals surface area contributed by atoms with Crippen LogP contribution in [0, 0.1) is 0 Å². The van der Waals surface area contributed by atoms with Gasteiger partial charge in [-0.1, -0.05) is 48.0 Å². The molecule has 1 N–H and O–H groups in total. The summed E-state index contributed by atoms with van der Waals surface area (Å²) in [6, 6.07) is 20.9. The maximum absolute atomic E-state index is 13.3. The van der Waals surface area contributed by atoms with Crippen LogP contribution in [0.25, 0.3) is 0 Å². The monoisotopic (exact) mass is 422 g/mol. The van der Waals surface area contributed by atoms with Crippen LogP contribution in [0.5, 0.6) is 11.5 Å². The summed E-state index contributed by atoms with van der Waals surface area (Å²) in [7, 11) is 3.15. The highest BCUT2D eigenvalue weighted by atomic mass is 35.5. The van der Waals surface area contributed by atoms with Crippen LogP contribution in [0.4, 0.5) is 10.5 Å². The SMILES string of the molecule is COc1ccc(NC(=O)N2CCc3ccccc3[C@@H]2c2ccc(Cl)cc2)cc1OC. The highest BCUT2D eigenvalue weighted by Gasteiger charge is 2.32. The number of carbonyl (C=O) groups is 1. The molecule has 3 aromatic rings. The van der Waals surface area contributed by atoms with Crippen molar-refractivity contribution in [2.45, 2.75) is 12.5 Å². The topological polar surface area (TPSA) is 50.8 Å². The molecular formula is C24H23ClN2O3. The molecule has 6 heteroatoms. The van der Waals surface area contributed by atoms with Crippen molar-refractivity contribution in [2.24, 2.45) is 0 Å². The van der Waals surface area contributed by atoms with Crippen molar-refractivity contribution in [3.63, 3.8) is 0 Å². The van der Waals surface area contributed by atoms with Crippen molar-refractivity contribution in [3.05, 3.63) is 88.4 Å². The summed E-state index contributed by atoms with van der Waals surface area (Å²) in [6.07, 6.45) is 0.805. The molecule has 1 aliphatic heterocycles. The van der Waals surface area contributed by atoms with Gasteiger partial charge in [0.05, 0.1) is 20.3 Å². The number of ether oxygens (including phenoxy) is 2. The van der Waals surface area contributed by atoms with Crippen LogP contribution in [-0.2, 0) is 6.42 Å². The molecule has 2 amide bonds. The molecule has 0 saturated heterocycles. The van der Waals surface area contributed by atoms with Crippen molar-refractivity contribution in [2.75, 3.05) is 26.1 Å². The quantitative estimate of drug-likeness (QED) is 0.600. The lowest BCUT2D eigenvalue weighted by Crippen LogP contribution is -2.43. The summed E-state index contributed by atoms with van der Waals surface area (Å²) < 4.78 is 10.6. The minimum Gasteiger partial charge on any atom is -0.493 e. The number of carbonyl (C=O) groups excluding carboxylic acids is 1. The lowest BCUT2D eigenvalue weighted by molar-refractivity contribution is 0.194. The van der Waals surface area contributed by atoms with Crippen molar-refractivity contribution >= 4 is 23.3 Å². The van der Waals surface area contributed by atoms with Crippen LogP contribution in [0.15, 0.2) is 66.7 Å². The number of hydrogen-bond donors (Lipinski definition) is 1. The molecule has 0 spiro atoms. The van der Waals surface area contributed by atoms with Crippen LogP contribution in [0.2, 0.25) is 5.02 Å².